The van der Waals surface area contributed by atoms with E-state index in [4.69, 9.17) is 11.6 Å². The lowest BCUT2D eigenvalue weighted by Gasteiger charge is -2.14. The zero-order chi connectivity index (χ0) is 13.1. The van der Waals surface area contributed by atoms with Crippen LogP contribution < -0.4 is 5.32 Å². The third-order valence-electron chi connectivity index (χ3n) is 3.20. The molecule has 4 heteroatoms. The minimum absolute atomic E-state index is 0.250. The number of nitrogens with one attached hydrogen (secondary N) is 1. The van der Waals surface area contributed by atoms with Crippen molar-refractivity contribution in [3.8, 4) is 5.69 Å². The molecule has 1 atom stereocenters. The fourth-order valence-corrected chi connectivity index (χ4v) is 2.34. The van der Waals surface area contributed by atoms with E-state index in [2.05, 4.69) is 40.8 Å². The summed E-state index contributed by atoms with van der Waals surface area (Å²) in [4.78, 5) is 4.32. The normalized spacial score (nSPS) is 12.7. The molecule has 0 saturated heterocycles. The molecule has 2 rings (SSSR count). The molecule has 0 spiro atoms. The van der Waals surface area contributed by atoms with Crippen LogP contribution in [0, 0.1) is 0 Å². The van der Waals surface area contributed by atoms with E-state index in [1.165, 1.54) is 0 Å². The minimum Gasteiger partial charge on any atom is -0.313 e. The summed E-state index contributed by atoms with van der Waals surface area (Å²) >= 11 is 6.34. The molecule has 18 heavy (non-hydrogen) atoms. The summed E-state index contributed by atoms with van der Waals surface area (Å²) in [7, 11) is 1.93. The van der Waals surface area contributed by atoms with E-state index in [0.717, 1.165) is 28.5 Å². The second-order valence-corrected chi connectivity index (χ2v) is 4.69. The van der Waals surface area contributed by atoms with Crippen molar-refractivity contribution in [2.24, 2.45) is 0 Å². The summed E-state index contributed by atoms with van der Waals surface area (Å²) in [5.41, 5.74) is 2.17. The molecule has 96 valence electrons. The van der Waals surface area contributed by atoms with E-state index < -0.39 is 0 Å². The Hall–Kier alpha value is -1.32. The Bertz CT molecular complexity index is 534. The van der Waals surface area contributed by atoms with Crippen LogP contribution in [-0.2, 0) is 6.42 Å². The molecule has 0 amide bonds. The summed E-state index contributed by atoms with van der Waals surface area (Å²) in [5, 5.41) is 3.98. The second-order valence-electron chi connectivity index (χ2n) is 4.28. The predicted octanol–water partition coefficient (Wildman–Crippen LogP) is 3.37. The summed E-state index contributed by atoms with van der Waals surface area (Å²) in [6.45, 7) is 4.19. The van der Waals surface area contributed by atoms with Gasteiger partial charge in [-0.15, -0.1) is 0 Å². The van der Waals surface area contributed by atoms with E-state index >= 15 is 0 Å². The molecule has 0 aliphatic carbocycles. The van der Waals surface area contributed by atoms with Gasteiger partial charge in [0.2, 0.25) is 0 Å². The van der Waals surface area contributed by atoms with Gasteiger partial charge in [0, 0.05) is 35.6 Å². The molecule has 0 bridgehead atoms. The topological polar surface area (TPSA) is 29.9 Å². The van der Waals surface area contributed by atoms with Gasteiger partial charge >= 0.3 is 0 Å². The van der Waals surface area contributed by atoms with Gasteiger partial charge in [-0.2, -0.15) is 0 Å². The van der Waals surface area contributed by atoms with Crippen molar-refractivity contribution >= 4 is 11.6 Å². The highest BCUT2D eigenvalue weighted by Gasteiger charge is 2.10. The Balaban J connectivity index is 2.40. The lowest BCUT2D eigenvalue weighted by Crippen LogP contribution is -2.13. The first-order valence-corrected chi connectivity index (χ1v) is 6.54. The third kappa shape index (κ3) is 2.42. The SMILES string of the molecule is CCc1nccn1-c1ccc(C(C)NC)c(Cl)c1. The maximum absolute atomic E-state index is 6.34. The van der Waals surface area contributed by atoms with Crippen LogP contribution in [0.25, 0.3) is 5.69 Å². The fraction of sp³-hybridized carbons (Fsp3) is 0.357. The molecule has 0 fully saturated rings. The number of hydrogen-bond donors (Lipinski definition) is 1. The van der Waals surface area contributed by atoms with Crippen molar-refractivity contribution in [2.75, 3.05) is 7.05 Å². The van der Waals surface area contributed by atoms with Gasteiger partial charge in [-0.25, -0.2) is 4.98 Å². The summed E-state index contributed by atoms with van der Waals surface area (Å²) in [5.74, 6) is 1.04. The largest absolute Gasteiger partial charge is 0.313 e. The molecule has 0 radical (unpaired) electrons. The maximum Gasteiger partial charge on any atom is 0.112 e. The number of benzene rings is 1. The van der Waals surface area contributed by atoms with Gasteiger partial charge in [-0.3, -0.25) is 0 Å². The highest BCUT2D eigenvalue weighted by molar-refractivity contribution is 6.31. The van der Waals surface area contributed by atoms with Crippen molar-refractivity contribution in [3.63, 3.8) is 0 Å². The van der Waals surface area contributed by atoms with Crippen molar-refractivity contribution in [2.45, 2.75) is 26.3 Å². The van der Waals surface area contributed by atoms with Gasteiger partial charge in [-0.05, 0) is 31.7 Å². The Morgan fingerprint density at radius 2 is 2.22 bits per heavy atom. The van der Waals surface area contributed by atoms with E-state index in [9.17, 15) is 0 Å². The minimum atomic E-state index is 0.250. The maximum atomic E-state index is 6.34. The highest BCUT2D eigenvalue weighted by Crippen LogP contribution is 2.25. The first kappa shape index (κ1) is 13.1. The van der Waals surface area contributed by atoms with Crippen LogP contribution in [0.2, 0.25) is 5.02 Å². The van der Waals surface area contributed by atoms with Gasteiger partial charge in [0.05, 0.1) is 0 Å². The average molecular weight is 264 g/mol. The van der Waals surface area contributed by atoms with E-state index in [0.29, 0.717) is 0 Å². The fourth-order valence-electron chi connectivity index (χ4n) is 2.00. The summed E-state index contributed by atoms with van der Waals surface area (Å²) < 4.78 is 2.07. The Labute approximate surface area is 113 Å². The number of imidazole rings is 1. The molecule has 0 aliphatic rings. The summed E-state index contributed by atoms with van der Waals surface area (Å²) in [6, 6.07) is 6.39. The molecule has 1 N–H and O–H groups in total. The molecule has 0 saturated carbocycles. The number of halogens is 1. The third-order valence-corrected chi connectivity index (χ3v) is 3.52. The number of nitrogens with zero attached hydrogens (tertiary/aromatic N) is 2. The average Bonchev–Trinajstić information content (AvgIpc) is 2.86. The van der Waals surface area contributed by atoms with Gasteiger partial charge in [0.15, 0.2) is 0 Å². The molecule has 1 heterocycles. The van der Waals surface area contributed by atoms with Crippen LogP contribution in [0.3, 0.4) is 0 Å². The van der Waals surface area contributed by atoms with E-state index in [-0.39, 0.29) is 6.04 Å². The number of aromatic nitrogens is 2. The Morgan fingerprint density at radius 1 is 1.44 bits per heavy atom. The molecular formula is C14H18ClN3. The van der Waals surface area contributed by atoms with Crippen molar-refractivity contribution < 1.29 is 0 Å². The van der Waals surface area contributed by atoms with Gasteiger partial charge in [-0.1, -0.05) is 24.6 Å². The lowest BCUT2D eigenvalue weighted by molar-refractivity contribution is 0.652. The predicted molar refractivity (Wildman–Crippen MR) is 75.4 cm³/mol. The van der Waals surface area contributed by atoms with Gasteiger partial charge < -0.3 is 9.88 Å². The zero-order valence-electron chi connectivity index (χ0n) is 10.9. The first-order valence-electron chi connectivity index (χ1n) is 6.16. The molecule has 2 aromatic rings. The smallest absolute Gasteiger partial charge is 0.112 e. The second kappa shape index (κ2) is 5.55. The highest BCUT2D eigenvalue weighted by atomic mass is 35.5. The monoisotopic (exact) mass is 263 g/mol. The van der Waals surface area contributed by atoms with Crippen LogP contribution in [0.15, 0.2) is 30.6 Å². The van der Waals surface area contributed by atoms with Crippen LogP contribution in [-0.4, -0.2) is 16.6 Å². The number of hydrogen-bond acceptors (Lipinski definition) is 2. The van der Waals surface area contributed by atoms with E-state index in [1.807, 2.05) is 25.5 Å². The van der Waals surface area contributed by atoms with Crippen LogP contribution >= 0.6 is 11.6 Å². The molecule has 0 aliphatic heterocycles. The number of aryl methyl sites for hydroxylation is 1. The zero-order valence-corrected chi connectivity index (χ0v) is 11.7. The van der Waals surface area contributed by atoms with Crippen LogP contribution in [0.1, 0.15) is 31.3 Å². The van der Waals surface area contributed by atoms with Gasteiger partial charge in [0.1, 0.15) is 5.82 Å². The molecular weight excluding hydrogens is 246 g/mol. The Kier molecular flexibility index (Phi) is 4.04. The quantitative estimate of drug-likeness (QED) is 0.917. The molecule has 1 unspecified atom stereocenters. The van der Waals surface area contributed by atoms with E-state index in [1.54, 1.807) is 0 Å². The number of rotatable bonds is 4. The van der Waals surface area contributed by atoms with Crippen molar-refractivity contribution in [1.82, 2.24) is 14.9 Å². The van der Waals surface area contributed by atoms with Crippen LogP contribution in [0.4, 0.5) is 0 Å². The van der Waals surface area contributed by atoms with Gasteiger partial charge in [0.25, 0.3) is 0 Å². The van der Waals surface area contributed by atoms with Crippen LogP contribution in [0.5, 0.6) is 0 Å². The molecule has 1 aromatic carbocycles. The summed E-state index contributed by atoms with van der Waals surface area (Å²) in [6.07, 6.45) is 4.68. The molecule has 3 nitrogen and oxygen atoms in total. The first-order chi connectivity index (χ1) is 8.67. The standard InChI is InChI=1S/C14H18ClN3/c1-4-14-17-7-8-18(14)11-5-6-12(10(2)16-3)13(15)9-11/h5-10,16H,4H2,1-3H3. The molecule has 1 aromatic heterocycles. The van der Waals surface area contributed by atoms with Crippen molar-refractivity contribution in [3.05, 3.63) is 47.0 Å². The lowest BCUT2D eigenvalue weighted by atomic mass is 10.1. The van der Waals surface area contributed by atoms with Crippen molar-refractivity contribution in [1.29, 1.82) is 0 Å². The Morgan fingerprint density at radius 3 is 2.83 bits per heavy atom.